The SMILES string of the molecule is CCCCCC(=O)N1CCNCC1C(=O)N(C)C. The van der Waals surface area contributed by atoms with Crippen molar-refractivity contribution in [2.75, 3.05) is 33.7 Å². The van der Waals surface area contributed by atoms with Crippen molar-refractivity contribution in [3.8, 4) is 0 Å². The van der Waals surface area contributed by atoms with Crippen molar-refractivity contribution in [3.05, 3.63) is 0 Å². The smallest absolute Gasteiger partial charge is 0.246 e. The molecule has 1 aliphatic heterocycles. The first-order valence-corrected chi connectivity index (χ1v) is 6.79. The van der Waals surface area contributed by atoms with Gasteiger partial charge in [0.2, 0.25) is 11.8 Å². The number of hydrogen-bond acceptors (Lipinski definition) is 3. The van der Waals surface area contributed by atoms with E-state index in [2.05, 4.69) is 12.2 Å². The molecule has 1 N–H and O–H groups in total. The van der Waals surface area contributed by atoms with E-state index < -0.39 is 0 Å². The van der Waals surface area contributed by atoms with Crippen LogP contribution in [0.25, 0.3) is 0 Å². The molecule has 18 heavy (non-hydrogen) atoms. The van der Waals surface area contributed by atoms with Crippen LogP contribution in [0.4, 0.5) is 0 Å². The normalized spacial score (nSPS) is 19.7. The summed E-state index contributed by atoms with van der Waals surface area (Å²) in [5, 5.41) is 3.18. The summed E-state index contributed by atoms with van der Waals surface area (Å²) in [7, 11) is 3.47. The minimum Gasteiger partial charge on any atom is -0.347 e. The summed E-state index contributed by atoms with van der Waals surface area (Å²) in [6, 6.07) is -0.331. The summed E-state index contributed by atoms with van der Waals surface area (Å²) in [4.78, 5) is 27.5. The molecule has 0 aliphatic carbocycles. The molecule has 1 unspecified atom stereocenters. The van der Waals surface area contributed by atoms with Crippen LogP contribution in [-0.4, -0.2) is 61.4 Å². The Balaban J connectivity index is 2.58. The Labute approximate surface area is 110 Å². The van der Waals surface area contributed by atoms with Crippen LogP contribution in [0, 0.1) is 0 Å². The van der Waals surface area contributed by atoms with Gasteiger partial charge in [-0.15, -0.1) is 0 Å². The zero-order valence-corrected chi connectivity index (χ0v) is 11.7. The molecule has 0 bridgehead atoms. The van der Waals surface area contributed by atoms with Crippen LogP contribution in [0.2, 0.25) is 0 Å². The van der Waals surface area contributed by atoms with Crippen LogP contribution >= 0.6 is 0 Å². The zero-order chi connectivity index (χ0) is 13.5. The number of likely N-dealkylation sites (N-methyl/N-ethyl adjacent to an activating group) is 1. The lowest BCUT2D eigenvalue weighted by Crippen LogP contribution is -2.59. The highest BCUT2D eigenvalue weighted by Crippen LogP contribution is 2.10. The van der Waals surface area contributed by atoms with E-state index in [4.69, 9.17) is 0 Å². The first-order valence-electron chi connectivity index (χ1n) is 6.79. The minimum absolute atomic E-state index is 0.00559. The van der Waals surface area contributed by atoms with Crippen molar-refractivity contribution in [2.24, 2.45) is 0 Å². The van der Waals surface area contributed by atoms with Crippen LogP contribution in [0.5, 0.6) is 0 Å². The van der Waals surface area contributed by atoms with Gasteiger partial charge in [0, 0.05) is 40.2 Å². The fourth-order valence-electron chi connectivity index (χ4n) is 2.19. The molecule has 0 aromatic rings. The minimum atomic E-state index is -0.331. The lowest BCUT2D eigenvalue weighted by molar-refractivity contribution is -0.145. The molecule has 1 heterocycles. The molecule has 5 nitrogen and oxygen atoms in total. The van der Waals surface area contributed by atoms with Gasteiger partial charge in [-0.3, -0.25) is 9.59 Å². The topological polar surface area (TPSA) is 52.7 Å². The predicted molar refractivity (Wildman–Crippen MR) is 71.2 cm³/mol. The van der Waals surface area contributed by atoms with Crippen molar-refractivity contribution < 1.29 is 9.59 Å². The zero-order valence-electron chi connectivity index (χ0n) is 11.7. The van der Waals surface area contributed by atoms with Crippen molar-refractivity contribution in [2.45, 2.75) is 38.6 Å². The summed E-state index contributed by atoms with van der Waals surface area (Å²) in [6.45, 7) is 4.09. The van der Waals surface area contributed by atoms with E-state index in [0.29, 0.717) is 19.5 Å². The molecule has 0 aromatic heterocycles. The Bertz CT molecular complexity index is 292. The Kier molecular flexibility index (Phi) is 6.12. The molecular formula is C13H25N3O2. The number of carbonyl (C=O) groups is 2. The first kappa shape index (κ1) is 15.0. The molecule has 0 spiro atoms. The Morgan fingerprint density at radius 3 is 2.67 bits per heavy atom. The van der Waals surface area contributed by atoms with Crippen LogP contribution in [0.15, 0.2) is 0 Å². The lowest BCUT2D eigenvalue weighted by Gasteiger charge is -2.36. The molecule has 1 saturated heterocycles. The number of hydrogen-bond donors (Lipinski definition) is 1. The fraction of sp³-hybridized carbons (Fsp3) is 0.846. The maximum atomic E-state index is 12.1. The molecule has 1 rings (SSSR count). The number of piperazine rings is 1. The number of amides is 2. The number of nitrogens with zero attached hydrogens (tertiary/aromatic N) is 2. The molecule has 104 valence electrons. The number of rotatable bonds is 5. The average molecular weight is 255 g/mol. The van der Waals surface area contributed by atoms with Gasteiger partial charge < -0.3 is 15.1 Å². The van der Waals surface area contributed by atoms with Crippen molar-refractivity contribution in [1.29, 1.82) is 0 Å². The second-order valence-electron chi connectivity index (χ2n) is 5.00. The number of unbranched alkanes of at least 4 members (excludes halogenated alkanes) is 2. The van der Waals surface area contributed by atoms with Gasteiger partial charge in [-0.05, 0) is 6.42 Å². The quantitative estimate of drug-likeness (QED) is 0.726. The lowest BCUT2D eigenvalue weighted by atomic mass is 10.1. The van der Waals surface area contributed by atoms with E-state index >= 15 is 0 Å². The summed E-state index contributed by atoms with van der Waals surface area (Å²) in [6.07, 6.45) is 3.66. The first-order chi connectivity index (χ1) is 8.57. The van der Waals surface area contributed by atoms with E-state index in [-0.39, 0.29) is 17.9 Å². The maximum absolute atomic E-state index is 12.1. The van der Waals surface area contributed by atoms with E-state index in [1.165, 1.54) is 0 Å². The van der Waals surface area contributed by atoms with E-state index in [1.54, 1.807) is 23.9 Å². The van der Waals surface area contributed by atoms with Crippen LogP contribution in [-0.2, 0) is 9.59 Å². The molecule has 1 atom stereocenters. The molecule has 5 heteroatoms. The summed E-state index contributed by atoms with van der Waals surface area (Å²) < 4.78 is 0. The van der Waals surface area contributed by atoms with Gasteiger partial charge in [0.15, 0.2) is 0 Å². The van der Waals surface area contributed by atoms with Crippen molar-refractivity contribution >= 4 is 11.8 Å². The molecule has 2 amide bonds. The Hall–Kier alpha value is -1.10. The largest absolute Gasteiger partial charge is 0.347 e. The van der Waals surface area contributed by atoms with Crippen LogP contribution in [0.1, 0.15) is 32.6 Å². The van der Waals surface area contributed by atoms with Gasteiger partial charge in [-0.2, -0.15) is 0 Å². The van der Waals surface area contributed by atoms with Gasteiger partial charge in [-0.25, -0.2) is 0 Å². The third-order valence-electron chi connectivity index (χ3n) is 3.28. The fourth-order valence-corrected chi connectivity index (χ4v) is 2.19. The third-order valence-corrected chi connectivity index (χ3v) is 3.28. The molecule has 1 aliphatic rings. The molecular weight excluding hydrogens is 230 g/mol. The third kappa shape index (κ3) is 3.98. The van der Waals surface area contributed by atoms with Crippen molar-refractivity contribution in [3.63, 3.8) is 0 Å². The summed E-state index contributed by atoms with van der Waals surface area (Å²) in [5.41, 5.74) is 0. The van der Waals surface area contributed by atoms with Crippen LogP contribution in [0.3, 0.4) is 0 Å². The summed E-state index contributed by atoms with van der Waals surface area (Å²) in [5.74, 6) is 0.121. The molecule has 0 saturated carbocycles. The van der Waals surface area contributed by atoms with E-state index in [0.717, 1.165) is 25.8 Å². The highest BCUT2D eigenvalue weighted by Gasteiger charge is 2.32. The molecule has 0 radical (unpaired) electrons. The number of carbonyl (C=O) groups excluding carboxylic acids is 2. The number of nitrogens with one attached hydrogen (secondary N) is 1. The van der Waals surface area contributed by atoms with Gasteiger partial charge in [-0.1, -0.05) is 19.8 Å². The van der Waals surface area contributed by atoms with Gasteiger partial charge in [0.25, 0.3) is 0 Å². The average Bonchev–Trinajstić information content (AvgIpc) is 2.38. The second-order valence-corrected chi connectivity index (χ2v) is 5.00. The highest BCUT2D eigenvalue weighted by molar-refractivity contribution is 5.87. The van der Waals surface area contributed by atoms with E-state index in [9.17, 15) is 9.59 Å². The molecule has 1 fully saturated rings. The summed E-state index contributed by atoms with van der Waals surface area (Å²) >= 11 is 0. The van der Waals surface area contributed by atoms with Gasteiger partial charge >= 0.3 is 0 Å². The highest BCUT2D eigenvalue weighted by atomic mass is 16.2. The standard InChI is InChI=1S/C13H25N3O2/c1-4-5-6-7-12(17)16-9-8-14-10-11(16)13(18)15(2)3/h11,14H,4-10H2,1-3H3. The predicted octanol–water partition coefficient (Wildman–Crippen LogP) is 0.455. The van der Waals surface area contributed by atoms with Crippen LogP contribution < -0.4 is 5.32 Å². The monoisotopic (exact) mass is 255 g/mol. The van der Waals surface area contributed by atoms with Crippen molar-refractivity contribution in [1.82, 2.24) is 15.1 Å². The van der Waals surface area contributed by atoms with Gasteiger partial charge in [0.1, 0.15) is 6.04 Å². The second kappa shape index (κ2) is 7.36. The maximum Gasteiger partial charge on any atom is 0.246 e. The Morgan fingerprint density at radius 1 is 1.33 bits per heavy atom. The van der Waals surface area contributed by atoms with E-state index in [1.807, 2.05) is 0 Å². The molecule has 0 aromatic carbocycles. The Morgan fingerprint density at radius 2 is 2.06 bits per heavy atom. The van der Waals surface area contributed by atoms with Gasteiger partial charge in [0.05, 0.1) is 0 Å².